The van der Waals surface area contributed by atoms with Crippen LogP contribution >= 0.6 is 0 Å². The van der Waals surface area contributed by atoms with Crippen LogP contribution in [0.4, 0.5) is 5.69 Å². The number of fused-ring (bicyclic) bond motifs is 1. The second kappa shape index (κ2) is 6.44. The summed E-state index contributed by atoms with van der Waals surface area (Å²) in [5.41, 5.74) is 5.00. The molecule has 0 amide bonds. The molecular weight excluding hydrogens is 350 g/mol. The Bertz CT molecular complexity index is 1080. The van der Waals surface area contributed by atoms with E-state index in [-0.39, 0.29) is 6.79 Å². The van der Waals surface area contributed by atoms with E-state index in [1.165, 1.54) is 21.9 Å². The van der Waals surface area contributed by atoms with Gasteiger partial charge in [-0.05, 0) is 53.1 Å². The Morgan fingerprint density at radius 2 is 1.75 bits per heavy atom. The molecule has 0 bridgehead atoms. The maximum atomic E-state index is 8.73. The van der Waals surface area contributed by atoms with E-state index in [2.05, 4.69) is 30.3 Å². The van der Waals surface area contributed by atoms with Crippen molar-refractivity contribution in [1.29, 1.82) is 5.41 Å². The van der Waals surface area contributed by atoms with Crippen molar-refractivity contribution in [3.05, 3.63) is 65.2 Å². The van der Waals surface area contributed by atoms with Gasteiger partial charge in [-0.25, -0.2) is 0 Å². The second-order valence-corrected chi connectivity index (χ2v) is 7.51. The zero-order chi connectivity index (χ0) is 19.3. The summed E-state index contributed by atoms with van der Waals surface area (Å²) in [6.07, 6.45) is 2.22. The number of hydrogen-bond acceptors (Lipinski definition) is 3. The number of hydrogen-bond donors (Lipinski definition) is 1. The molecule has 1 N–H and O–H groups in total. The van der Waals surface area contributed by atoms with Gasteiger partial charge < -0.3 is 19.3 Å². The van der Waals surface area contributed by atoms with E-state index >= 15 is 0 Å². The highest BCUT2D eigenvalue weighted by Crippen LogP contribution is 2.37. The molecule has 3 aromatic carbocycles. The van der Waals surface area contributed by atoms with Gasteiger partial charge in [0.2, 0.25) is 6.79 Å². The normalized spacial score (nSPS) is 13.8. The molecule has 0 saturated heterocycles. The Labute approximate surface area is 164 Å². The average Bonchev–Trinajstić information content (AvgIpc) is 3.35. The van der Waals surface area contributed by atoms with Crippen LogP contribution in [-0.4, -0.2) is 31.7 Å². The highest BCUT2D eigenvalue weighted by atomic mass is 16.7. The van der Waals surface area contributed by atoms with Crippen molar-refractivity contribution < 1.29 is 9.47 Å². The van der Waals surface area contributed by atoms with Crippen LogP contribution in [0.1, 0.15) is 16.7 Å². The molecule has 0 aromatic heterocycles. The molecule has 5 nitrogen and oxygen atoms in total. The quantitative estimate of drug-likeness (QED) is 0.553. The molecular formula is C23H23N3O2. The first-order chi connectivity index (χ1) is 13.6. The Hall–Kier alpha value is -3.21. The summed E-state index contributed by atoms with van der Waals surface area (Å²) >= 11 is 0. The van der Waals surface area contributed by atoms with Crippen LogP contribution in [0.3, 0.4) is 0 Å². The first-order valence-electron chi connectivity index (χ1n) is 9.57. The van der Waals surface area contributed by atoms with Gasteiger partial charge in [-0.1, -0.05) is 30.3 Å². The molecule has 0 fully saturated rings. The topological polar surface area (TPSA) is 48.8 Å². The maximum absolute atomic E-state index is 8.73. The summed E-state index contributed by atoms with van der Waals surface area (Å²) in [4.78, 5) is 3.91. The SMILES string of the molecule is CN(Cc1ccc2c(c1)OCO2)C(=N)N(C)c1ccc2c3c(cccc13)CC2. The third kappa shape index (κ3) is 2.66. The van der Waals surface area contributed by atoms with Gasteiger partial charge >= 0.3 is 0 Å². The highest BCUT2D eigenvalue weighted by molar-refractivity contribution is 6.06. The van der Waals surface area contributed by atoms with Gasteiger partial charge in [-0.3, -0.25) is 5.41 Å². The largest absolute Gasteiger partial charge is 0.454 e. The summed E-state index contributed by atoms with van der Waals surface area (Å²) in [7, 11) is 3.92. The van der Waals surface area contributed by atoms with Gasteiger partial charge in [0, 0.05) is 26.0 Å². The number of nitrogens with one attached hydrogen (secondary N) is 1. The minimum Gasteiger partial charge on any atom is -0.454 e. The van der Waals surface area contributed by atoms with Crippen molar-refractivity contribution in [3.8, 4) is 11.5 Å². The Balaban J connectivity index is 1.40. The zero-order valence-corrected chi connectivity index (χ0v) is 16.2. The highest BCUT2D eigenvalue weighted by Gasteiger charge is 2.20. The first-order valence-corrected chi connectivity index (χ1v) is 9.57. The molecule has 2 aliphatic rings. The summed E-state index contributed by atoms with van der Waals surface area (Å²) in [5.74, 6) is 2.01. The van der Waals surface area contributed by atoms with Gasteiger partial charge in [0.15, 0.2) is 17.5 Å². The maximum Gasteiger partial charge on any atom is 0.231 e. The number of aryl methyl sites for hydroxylation is 2. The fourth-order valence-electron chi connectivity index (χ4n) is 4.28. The van der Waals surface area contributed by atoms with Gasteiger partial charge in [-0.2, -0.15) is 0 Å². The summed E-state index contributed by atoms with van der Waals surface area (Å²) in [6.45, 7) is 0.902. The van der Waals surface area contributed by atoms with Gasteiger partial charge in [0.05, 0.1) is 5.69 Å². The fourth-order valence-corrected chi connectivity index (χ4v) is 4.28. The number of ether oxygens (including phenoxy) is 2. The first kappa shape index (κ1) is 16.9. The van der Waals surface area contributed by atoms with Crippen molar-refractivity contribution >= 4 is 22.4 Å². The van der Waals surface area contributed by atoms with Crippen molar-refractivity contribution in [2.24, 2.45) is 0 Å². The molecule has 0 radical (unpaired) electrons. The predicted molar refractivity (Wildman–Crippen MR) is 112 cm³/mol. The van der Waals surface area contributed by atoms with Crippen LogP contribution in [0.5, 0.6) is 11.5 Å². The monoisotopic (exact) mass is 373 g/mol. The van der Waals surface area contributed by atoms with E-state index in [1.807, 2.05) is 42.1 Å². The molecule has 142 valence electrons. The van der Waals surface area contributed by atoms with Crippen LogP contribution < -0.4 is 14.4 Å². The van der Waals surface area contributed by atoms with E-state index in [1.54, 1.807) is 0 Å². The number of benzene rings is 3. The third-order valence-corrected chi connectivity index (χ3v) is 5.75. The molecule has 1 heterocycles. The van der Waals surface area contributed by atoms with E-state index < -0.39 is 0 Å². The van der Waals surface area contributed by atoms with E-state index in [0.29, 0.717) is 12.5 Å². The third-order valence-electron chi connectivity index (χ3n) is 5.75. The van der Waals surface area contributed by atoms with Crippen LogP contribution in [0, 0.1) is 5.41 Å². The lowest BCUT2D eigenvalue weighted by molar-refractivity contribution is 0.174. The molecule has 3 aromatic rings. The molecule has 0 atom stereocenters. The molecule has 5 heteroatoms. The number of nitrogens with zero attached hydrogens (tertiary/aromatic N) is 2. The lowest BCUT2D eigenvalue weighted by Gasteiger charge is -2.29. The molecule has 1 aliphatic heterocycles. The summed E-state index contributed by atoms with van der Waals surface area (Å²) < 4.78 is 10.9. The summed E-state index contributed by atoms with van der Waals surface area (Å²) in [6, 6.07) is 16.8. The molecule has 5 rings (SSSR count). The van der Waals surface area contributed by atoms with Crippen molar-refractivity contribution in [3.63, 3.8) is 0 Å². The van der Waals surface area contributed by atoms with Gasteiger partial charge in [0.1, 0.15) is 0 Å². The number of rotatable bonds is 3. The molecule has 0 spiro atoms. The van der Waals surface area contributed by atoms with Crippen LogP contribution in [-0.2, 0) is 19.4 Å². The van der Waals surface area contributed by atoms with Gasteiger partial charge in [-0.15, -0.1) is 0 Å². The van der Waals surface area contributed by atoms with Crippen molar-refractivity contribution in [1.82, 2.24) is 4.90 Å². The van der Waals surface area contributed by atoms with Crippen LogP contribution in [0.2, 0.25) is 0 Å². The van der Waals surface area contributed by atoms with E-state index in [4.69, 9.17) is 14.9 Å². The molecule has 28 heavy (non-hydrogen) atoms. The zero-order valence-electron chi connectivity index (χ0n) is 16.2. The van der Waals surface area contributed by atoms with E-state index in [0.717, 1.165) is 35.6 Å². The Morgan fingerprint density at radius 1 is 0.964 bits per heavy atom. The van der Waals surface area contributed by atoms with Crippen molar-refractivity contribution in [2.75, 3.05) is 25.8 Å². The predicted octanol–water partition coefficient (Wildman–Crippen LogP) is 4.17. The smallest absolute Gasteiger partial charge is 0.231 e. The standard InChI is InChI=1S/C23H23N3O2/c1-25(13-15-6-11-20-21(12-15)28-14-27-20)23(24)26(2)19-10-9-17-8-7-16-4-3-5-18(19)22(16)17/h3-6,9-12,24H,7-8,13-14H2,1-2H3. The minimum atomic E-state index is 0.276. The number of anilines is 1. The molecule has 0 saturated carbocycles. The molecule has 0 unspecified atom stereocenters. The average molecular weight is 373 g/mol. The number of guanidine groups is 1. The van der Waals surface area contributed by atoms with Crippen molar-refractivity contribution in [2.45, 2.75) is 19.4 Å². The second-order valence-electron chi connectivity index (χ2n) is 7.51. The summed E-state index contributed by atoms with van der Waals surface area (Å²) in [5, 5.41) is 11.3. The van der Waals surface area contributed by atoms with Crippen LogP contribution in [0.15, 0.2) is 48.5 Å². The Morgan fingerprint density at radius 3 is 2.61 bits per heavy atom. The lowest BCUT2D eigenvalue weighted by Crippen LogP contribution is -2.39. The molecule has 1 aliphatic carbocycles. The van der Waals surface area contributed by atoms with Crippen LogP contribution in [0.25, 0.3) is 10.8 Å². The van der Waals surface area contributed by atoms with E-state index in [9.17, 15) is 0 Å². The minimum absolute atomic E-state index is 0.276. The lowest BCUT2D eigenvalue weighted by atomic mass is 10.0. The fraction of sp³-hybridized carbons (Fsp3) is 0.261. The Kier molecular flexibility index (Phi) is 3.90. The van der Waals surface area contributed by atoms with Gasteiger partial charge in [0.25, 0.3) is 0 Å².